The van der Waals surface area contributed by atoms with E-state index >= 15 is 0 Å². The number of para-hydroxylation sites is 1. The van der Waals surface area contributed by atoms with Crippen molar-refractivity contribution in [3.63, 3.8) is 0 Å². The molecular formula is C14H16N2O2. The molecule has 0 bridgehead atoms. The highest BCUT2D eigenvalue weighted by atomic mass is 16.4. The lowest BCUT2D eigenvalue weighted by Crippen LogP contribution is -2.38. The molecule has 18 heavy (non-hydrogen) atoms. The van der Waals surface area contributed by atoms with E-state index in [1.807, 2.05) is 18.3 Å². The molecule has 2 heterocycles. The Hall–Kier alpha value is -1.81. The van der Waals surface area contributed by atoms with Crippen molar-refractivity contribution in [3.8, 4) is 0 Å². The number of aromatic nitrogens is 1. The van der Waals surface area contributed by atoms with Gasteiger partial charge in [0.2, 0.25) is 0 Å². The fraction of sp³-hybridized carbons (Fsp3) is 0.357. The van der Waals surface area contributed by atoms with E-state index in [4.69, 9.17) is 5.11 Å². The molecule has 2 aromatic rings. The Kier molecular flexibility index (Phi) is 2.80. The minimum atomic E-state index is -0.703. The monoisotopic (exact) mass is 244 g/mol. The van der Waals surface area contributed by atoms with Crippen LogP contribution in [0.3, 0.4) is 0 Å². The zero-order valence-corrected chi connectivity index (χ0v) is 10.0. The smallest absolute Gasteiger partial charge is 0.307 e. The molecule has 0 saturated carbocycles. The number of aromatic amines is 1. The zero-order valence-electron chi connectivity index (χ0n) is 10.0. The second-order valence-electron chi connectivity index (χ2n) is 4.92. The van der Waals surface area contributed by atoms with Crippen molar-refractivity contribution in [2.45, 2.75) is 12.3 Å². The predicted octanol–water partition coefficient (Wildman–Crippen LogP) is 1.95. The van der Waals surface area contributed by atoms with E-state index in [9.17, 15) is 4.79 Å². The van der Waals surface area contributed by atoms with Gasteiger partial charge in [0.15, 0.2) is 0 Å². The summed E-state index contributed by atoms with van der Waals surface area (Å²) in [5.41, 5.74) is 2.35. The number of carboxylic acid groups (broad SMARTS) is 1. The van der Waals surface area contributed by atoms with Crippen molar-refractivity contribution < 1.29 is 9.90 Å². The molecule has 0 spiro atoms. The van der Waals surface area contributed by atoms with Gasteiger partial charge < -0.3 is 15.4 Å². The van der Waals surface area contributed by atoms with Gasteiger partial charge in [-0.2, -0.15) is 0 Å². The number of piperidine rings is 1. The van der Waals surface area contributed by atoms with Crippen LogP contribution in [0.25, 0.3) is 10.9 Å². The van der Waals surface area contributed by atoms with Gasteiger partial charge in [-0.15, -0.1) is 0 Å². The number of hydrogen-bond donors (Lipinski definition) is 3. The van der Waals surface area contributed by atoms with Crippen LogP contribution >= 0.6 is 0 Å². The van der Waals surface area contributed by atoms with Crippen LogP contribution in [-0.2, 0) is 4.79 Å². The van der Waals surface area contributed by atoms with Gasteiger partial charge in [0.25, 0.3) is 0 Å². The summed E-state index contributed by atoms with van der Waals surface area (Å²) in [7, 11) is 0. The molecule has 1 aromatic heterocycles. The minimum absolute atomic E-state index is 0.266. The molecule has 4 nitrogen and oxygen atoms in total. The lowest BCUT2D eigenvalue weighted by atomic mass is 9.85. The quantitative estimate of drug-likeness (QED) is 0.756. The van der Waals surface area contributed by atoms with E-state index in [1.165, 1.54) is 10.9 Å². The molecule has 2 unspecified atom stereocenters. The Morgan fingerprint density at radius 2 is 2.17 bits per heavy atom. The number of rotatable bonds is 2. The van der Waals surface area contributed by atoms with Crippen molar-refractivity contribution in [2.75, 3.05) is 13.1 Å². The highest BCUT2D eigenvalue weighted by molar-refractivity contribution is 5.83. The Labute approximate surface area is 105 Å². The van der Waals surface area contributed by atoms with Crippen LogP contribution in [0.5, 0.6) is 0 Å². The summed E-state index contributed by atoms with van der Waals surface area (Å²) < 4.78 is 0. The zero-order chi connectivity index (χ0) is 12.5. The first-order chi connectivity index (χ1) is 8.75. The van der Waals surface area contributed by atoms with Crippen LogP contribution in [0.15, 0.2) is 30.5 Å². The van der Waals surface area contributed by atoms with Gasteiger partial charge in [0.05, 0.1) is 5.92 Å². The maximum atomic E-state index is 11.1. The van der Waals surface area contributed by atoms with Crippen LogP contribution < -0.4 is 5.32 Å². The van der Waals surface area contributed by atoms with Crippen molar-refractivity contribution in [2.24, 2.45) is 5.92 Å². The van der Waals surface area contributed by atoms with Crippen LogP contribution in [0.1, 0.15) is 17.9 Å². The van der Waals surface area contributed by atoms with Gasteiger partial charge in [-0.1, -0.05) is 18.2 Å². The Morgan fingerprint density at radius 1 is 1.28 bits per heavy atom. The normalized spacial score (nSPS) is 24.2. The van der Waals surface area contributed by atoms with E-state index < -0.39 is 5.97 Å². The number of aliphatic carboxylic acids is 1. The Balaban J connectivity index is 1.94. The second-order valence-corrected chi connectivity index (χ2v) is 4.92. The van der Waals surface area contributed by atoms with Crippen LogP contribution in [-0.4, -0.2) is 29.1 Å². The molecule has 94 valence electrons. The first-order valence-electron chi connectivity index (χ1n) is 6.25. The van der Waals surface area contributed by atoms with Crippen molar-refractivity contribution >= 4 is 16.9 Å². The molecule has 1 aromatic carbocycles. The van der Waals surface area contributed by atoms with Crippen molar-refractivity contribution in [1.29, 1.82) is 0 Å². The Bertz CT molecular complexity index is 576. The van der Waals surface area contributed by atoms with Gasteiger partial charge in [0, 0.05) is 24.8 Å². The number of H-pyrrole nitrogens is 1. The van der Waals surface area contributed by atoms with E-state index in [0.717, 1.165) is 12.1 Å². The number of nitrogens with one attached hydrogen (secondary N) is 2. The molecule has 0 aliphatic carbocycles. The number of fused-ring (bicyclic) bond motifs is 1. The lowest BCUT2D eigenvalue weighted by molar-refractivity contribution is -0.142. The van der Waals surface area contributed by atoms with E-state index in [1.54, 1.807) is 0 Å². The predicted molar refractivity (Wildman–Crippen MR) is 69.7 cm³/mol. The number of benzene rings is 1. The van der Waals surface area contributed by atoms with E-state index in [2.05, 4.69) is 22.4 Å². The molecule has 0 radical (unpaired) electrons. The summed E-state index contributed by atoms with van der Waals surface area (Å²) in [5, 5.41) is 13.5. The molecule has 1 saturated heterocycles. The highest BCUT2D eigenvalue weighted by Gasteiger charge is 2.28. The largest absolute Gasteiger partial charge is 0.481 e. The standard InChI is InChI=1S/C14H16N2O2/c17-14(18)11-6-10(7-15-8-11)12-3-1-2-9-4-5-16-13(9)12/h1-5,10-11,15-16H,6-8H2,(H,17,18). The first kappa shape index (κ1) is 11.3. The fourth-order valence-corrected chi connectivity index (χ4v) is 2.82. The third-order valence-electron chi connectivity index (χ3n) is 3.76. The lowest BCUT2D eigenvalue weighted by Gasteiger charge is -2.28. The third-order valence-corrected chi connectivity index (χ3v) is 3.76. The Morgan fingerprint density at radius 3 is 3.00 bits per heavy atom. The highest BCUT2D eigenvalue weighted by Crippen LogP contribution is 2.31. The minimum Gasteiger partial charge on any atom is -0.481 e. The number of carbonyl (C=O) groups is 1. The first-order valence-corrected chi connectivity index (χ1v) is 6.25. The molecule has 3 rings (SSSR count). The van der Waals surface area contributed by atoms with Crippen LogP contribution in [0.2, 0.25) is 0 Å². The van der Waals surface area contributed by atoms with Crippen molar-refractivity contribution in [3.05, 3.63) is 36.0 Å². The van der Waals surface area contributed by atoms with Gasteiger partial charge >= 0.3 is 5.97 Å². The summed E-state index contributed by atoms with van der Waals surface area (Å²) >= 11 is 0. The van der Waals surface area contributed by atoms with E-state index in [-0.39, 0.29) is 11.8 Å². The molecule has 1 aliphatic heterocycles. The summed E-state index contributed by atoms with van der Waals surface area (Å²) in [6, 6.07) is 8.25. The topological polar surface area (TPSA) is 65.1 Å². The fourth-order valence-electron chi connectivity index (χ4n) is 2.82. The van der Waals surface area contributed by atoms with Crippen LogP contribution in [0.4, 0.5) is 0 Å². The number of hydrogen-bond acceptors (Lipinski definition) is 2. The third kappa shape index (κ3) is 1.88. The van der Waals surface area contributed by atoms with E-state index in [0.29, 0.717) is 13.0 Å². The van der Waals surface area contributed by atoms with Gasteiger partial charge in [-0.05, 0) is 29.4 Å². The summed E-state index contributed by atoms with van der Waals surface area (Å²) in [4.78, 5) is 14.4. The SMILES string of the molecule is O=C(O)C1CNCC(c2cccc3cc[nH]c23)C1. The van der Waals surface area contributed by atoms with Gasteiger partial charge in [-0.3, -0.25) is 4.79 Å². The average Bonchev–Trinajstić information content (AvgIpc) is 2.87. The summed E-state index contributed by atoms with van der Waals surface area (Å²) in [5.74, 6) is -0.720. The maximum Gasteiger partial charge on any atom is 0.307 e. The van der Waals surface area contributed by atoms with Gasteiger partial charge in [0.1, 0.15) is 0 Å². The second kappa shape index (κ2) is 4.46. The molecule has 3 N–H and O–H groups in total. The molecule has 4 heteroatoms. The molecule has 0 amide bonds. The average molecular weight is 244 g/mol. The summed E-state index contributed by atoms with van der Waals surface area (Å²) in [6.45, 7) is 1.43. The summed E-state index contributed by atoms with van der Waals surface area (Å²) in [6.07, 6.45) is 2.64. The van der Waals surface area contributed by atoms with Crippen LogP contribution in [0, 0.1) is 5.92 Å². The molecular weight excluding hydrogens is 228 g/mol. The molecule has 1 fully saturated rings. The van der Waals surface area contributed by atoms with Gasteiger partial charge in [-0.25, -0.2) is 0 Å². The molecule has 1 aliphatic rings. The van der Waals surface area contributed by atoms with Crippen molar-refractivity contribution in [1.82, 2.24) is 10.3 Å². The maximum absolute atomic E-state index is 11.1. The molecule has 2 atom stereocenters. The number of carboxylic acids is 1.